The van der Waals surface area contributed by atoms with Gasteiger partial charge in [0.1, 0.15) is 5.82 Å². The fourth-order valence-corrected chi connectivity index (χ4v) is 1.76. The van der Waals surface area contributed by atoms with E-state index in [0.717, 1.165) is 0 Å². The van der Waals surface area contributed by atoms with Gasteiger partial charge in [-0.25, -0.2) is 4.39 Å². The quantitative estimate of drug-likeness (QED) is 0.851. The molecule has 0 spiro atoms. The van der Waals surface area contributed by atoms with Gasteiger partial charge in [0.25, 0.3) is 0 Å². The van der Waals surface area contributed by atoms with Gasteiger partial charge in [-0.15, -0.1) is 0 Å². The Morgan fingerprint density at radius 3 is 2.50 bits per heavy atom. The smallest absolute Gasteiger partial charge is 0.327 e. The van der Waals surface area contributed by atoms with Gasteiger partial charge < -0.3 is 5.73 Å². The first-order valence-electron chi connectivity index (χ1n) is 4.54. The minimum absolute atomic E-state index is 0.134. The van der Waals surface area contributed by atoms with Crippen LogP contribution in [0.3, 0.4) is 0 Å². The molecule has 1 atom stereocenters. The molecule has 6 heteroatoms. The Balaban J connectivity index is 2.69. The Morgan fingerprint density at radius 1 is 1.31 bits per heavy atom. The third-order valence-electron chi connectivity index (χ3n) is 1.98. The molecule has 0 radical (unpaired) electrons. The second-order valence-corrected chi connectivity index (χ2v) is 4.43. The van der Waals surface area contributed by atoms with Crippen LogP contribution in [0.15, 0.2) is 22.7 Å². The van der Waals surface area contributed by atoms with Crippen molar-refractivity contribution in [1.82, 2.24) is 0 Å². The molecule has 0 saturated carbocycles. The maximum absolute atomic E-state index is 13.2. The van der Waals surface area contributed by atoms with Gasteiger partial charge >= 0.3 is 6.18 Å². The van der Waals surface area contributed by atoms with Crippen LogP contribution >= 0.6 is 15.9 Å². The molecule has 1 aromatic rings. The van der Waals surface area contributed by atoms with Crippen LogP contribution in [-0.4, -0.2) is 12.2 Å². The number of alkyl halides is 3. The molecular formula is C10H10BrF4N. The Hall–Kier alpha value is -0.620. The summed E-state index contributed by atoms with van der Waals surface area (Å²) in [5.41, 5.74) is 5.50. The van der Waals surface area contributed by atoms with Crippen molar-refractivity contribution in [3.8, 4) is 0 Å². The zero-order chi connectivity index (χ0) is 12.3. The van der Waals surface area contributed by atoms with E-state index in [4.69, 9.17) is 5.73 Å². The fourth-order valence-electron chi connectivity index (χ4n) is 1.35. The maximum atomic E-state index is 13.2. The second kappa shape index (κ2) is 5.14. The van der Waals surface area contributed by atoms with E-state index in [1.165, 1.54) is 18.2 Å². The summed E-state index contributed by atoms with van der Waals surface area (Å²) in [6, 6.07) is 2.99. The van der Waals surface area contributed by atoms with Crippen molar-refractivity contribution in [2.45, 2.75) is 25.1 Å². The van der Waals surface area contributed by atoms with Crippen molar-refractivity contribution in [2.75, 3.05) is 0 Å². The standard InChI is InChI=1S/C10H10BrF4N/c11-7-1-2-9(12)6(3-7)4-8(16)5-10(13,14)15/h1-3,8H,4-5,16H2. The van der Waals surface area contributed by atoms with Crippen molar-refractivity contribution < 1.29 is 17.6 Å². The summed E-state index contributed by atoms with van der Waals surface area (Å²) in [7, 11) is 0. The van der Waals surface area contributed by atoms with E-state index < -0.39 is 24.5 Å². The van der Waals surface area contributed by atoms with Gasteiger partial charge in [-0.1, -0.05) is 15.9 Å². The molecule has 0 aliphatic carbocycles. The van der Waals surface area contributed by atoms with Gasteiger partial charge in [0.2, 0.25) is 0 Å². The molecule has 0 heterocycles. The van der Waals surface area contributed by atoms with Crippen LogP contribution in [0.1, 0.15) is 12.0 Å². The van der Waals surface area contributed by atoms with Crippen LogP contribution in [-0.2, 0) is 6.42 Å². The lowest BCUT2D eigenvalue weighted by atomic mass is 10.0. The Morgan fingerprint density at radius 2 is 1.94 bits per heavy atom. The number of rotatable bonds is 3. The molecule has 2 N–H and O–H groups in total. The first-order valence-corrected chi connectivity index (χ1v) is 5.33. The highest BCUT2D eigenvalue weighted by Crippen LogP contribution is 2.23. The molecule has 0 aliphatic heterocycles. The molecule has 0 aliphatic rings. The van der Waals surface area contributed by atoms with E-state index >= 15 is 0 Å². The molecule has 1 unspecified atom stereocenters. The number of hydrogen-bond acceptors (Lipinski definition) is 1. The van der Waals surface area contributed by atoms with Crippen molar-refractivity contribution in [3.63, 3.8) is 0 Å². The lowest BCUT2D eigenvalue weighted by Gasteiger charge is -2.14. The molecule has 1 nitrogen and oxygen atoms in total. The summed E-state index contributed by atoms with van der Waals surface area (Å²) in [5.74, 6) is -0.541. The van der Waals surface area contributed by atoms with Gasteiger partial charge in [-0.2, -0.15) is 13.2 Å². The van der Waals surface area contributed by atoms with E-state index in [2.05, 4.69) is 15.9 Å². The normalized spacial score (nSPS) is 13.9. The van der Waals surface area contributed by atoms with Gasteiger partial charge in [0, 0.05) is 10.5 Å². The monoisotopic (exact) mass is 299 g/mol. The summed E-state index contributed by atoms with van der Waals surface area (Å²) in [5, 5.41) is 0. The molecule has 0 saturated heterocycles. The molecule has 1 aromatic carbocycles. The predicted octanol–water partition coefficient (Wildman–Crippen LogP) is 3.41. The molecule has 1 rings (SSSR count). The zero-order valence-corrected chi connectivity index (χ0v) is 9.78. The second-order valence-electron chi connectivity index (χ2n) is 3.52. The van der Waals surface area contributed by atoms with Crippen LogP contribution in [0.2, 0.25) is 0 Å². The molecule has 90 valence electrons. The highest BCUT2D eigenvalue weighted by atomic mass is 79.9. The van der Waals surface area contributed by atoms with Crippen molar-refractivity contribution in [1.29, 1.82) is 0 Å². The maximum Gasteiger partial charge on any atom is 0.390 e. The average molecular weight is 300 g/mol. The van der Waals surface area contributed by atoms with E-state index in [9.17, 15) is 17.6 Å². The lowest BCUT2D eigenvalue weighted by Crippen LogP contribution is -2.29. The zero-order valence-electron chi connectivity index (χ0n) is 8.19. The predicted molar refractivity (Wildman–Crippen MR) is 56.5 cm³/mol. The third-order valence-corrected chi connectivity index (χ3v) is 2.48. The van der Waals surface area contributed by atoms with E-state index in [-0.39, 0.29) is 12.0 Å². The number of hydrogen-bond donors (Lipinski definition) is 1. The molecule has 0 bridgehead atoms. The average Bonchev–Trinajstić information content (AvgIpc) is 2.08. The first kappa shape index (κ1) is 13.4. The Bertz CT molecular complexity index is 364. The topological polar surface area (TPSA) is 26.0 Å². The van der Waals surface area contributed by atoms with Crippen LogP contribution in [0.25, 0.3) is 0 Å². The van der Waals surface area contributed by atoms with Crippen molar-refractivity contribution >= 4 is 15.9 Å². The molecule has 16 heavy (non-hydrogen) atoms. The molecule has 0 aromatic heterocycles. The summed E-state index contributed by atoms with van der Waals surface area (Å²) in [4.78, 5) is 0. The third kappa shape index (κ3) is 4.49. The van der Waals surface area contributed by atoms with Crippen LogP contribution < -0.4 is 5.73 Å². The summed E-state index contributed by atoms with van der Waals surface area (Å²) in [6.45, 7) is 0. The van der Waals surface area contributed by atoms with Crippen LogP contribution in [0.4, 0.5) is 17.6 Å². The molecular weight excluding hydrogens is 290 g/mol. The summed E-state index contributed by atoms with van der Waals surface area (Å²) >= 11 is 3.12. The number of benzene rings is 1. The molecule has 0 amide bonds. The minimum Gasteiger partial charge on any atom is -0.327 e. The first-order chi connectivity index (χ1) is 7.28. The van der Waals surface area contributed by atoms with Gasteiger partial charge in [-0.3, -0.25) is 0 Å². The van der Waals surface area contributed by atoms with Gasteiger partial charge in [0.05, 0.1) is 6.42 Å². The van der Waals surface area contributed by atoms with Crippen molar-refractivity contribution in [3.05, 3.63) is 34.1 Å². The summed E-state index contributed by atoms with van der Waals surface area (Å²) < 4.78 is 49.8. The Kier molecular flexibility index (Phi) is 4.32. The van der Waals surface area contributed by atoms with Crippen LogP contribution in [0, 0.1) is 5.82 Å². The lowest BCUT2D eigenvalue weighted by molar-refractivity contribution is -0.138. The largest absolute Gasteiger partial charge is 0.390 e. The fraction of sp³-hybridized carbons (Fsp3) is 0.400. The van der Waals surface area contributed by atoms with Gasteiger partial charge in [-0.05, 0) is 30.2 Å². The van der Waals surface area contributed by atoms with Crippen molar-refractivity contribution in [2.24, 2.45) is 5.73 Å². The highest BCUT2D eigenvalue weighted by Gasteiger charge is 2.30. The minimum atomic E-state index is -4.32. The number of nitrogens with two attached hydrogens (primary N) is 1. The highest BCUT2D eigenvalue weighted by molar-refractivity contribution is 9.10. The summed E-state index contributed by atoms with van der Waals surface area (Å²) in [6.07, 6.45) is -5.56. The van der Waals surface area contributed by atoms with Crippen LogP contribution in [0.5, 0.6) is 0 Å². The van der Waals surface area contributed by atoms with Gasteiger partial charge in [0.15, 0.2) is 0 Å². The Labute approximate surface area is 98.8 Å². The van der Waals surface area contributed by atoms with E-state index in [0.29, 0.717) is 4.47 Å². The van der Waals surface area contributed by atoms with E-state index in [1.807, 2.05) is 0 Å². The van der Waals surface area contributed by atoms with E-state index in [1.54, 1.807) is 0 Å². The molecule has 0 fully saturated rings. The SMILES string of the molecule is NC(Cc1cc(Br)ccc1F)CC(F)(F)F. The number of halogens is 5.